The van der Waals surface area contributed by atoms with Gasteiger partial charge in [0, 0.05) is 11.4 Å². The van der Waals surface area contributed by atoms with Crippen molar-refractivity contribution in [2.45, 2.75) is 32.3 Å². The molecule has 4 rings (SSSR count). The number of rotatable bonds is 2. The first-order chi connectivity index (χ1) is 10.7. The van der Waals surface area contributed by atoms with Gasteiger partial charge in [0.2, 0.25) is 0 Å². The molecule has 2 aliphatic rings. The maximum Gasteiger partial charge on any atom is 0.264 e. The van der Waals surface area contributed by atoms with Crippen LogP contribution >= 0.6 is 11.3 Å². The summed E-state index contributed by atoms with van der Waals surface area (Å²) < 4.78 is 5.72. The summed E-state index contributed by atoms with van der Waals surface area (Å²) in [6.45, 7) is 3.52. The van der Waals surface area contributed by atoms with Gasteiger partial charge in [0.05, 0.1) is 18.0 Å². The highest BCUT2D eigenvalue weighted by Crippen LogP contribution is 2.32. The summed E-state index contributed by atoms with van der Waals surface area (Å²) in [5, 5.41) is 6.98. The van der Waals surface area contributed by atoms with Gasteiger partial charge in [0.25, 0.3) is 5.91 Å². The zero-order valence-corrected chi connectivity index (χ0v) is 13.3. The van der Waals surface area contributed by atoms with Gasteiger partial charge < -0.3 is 9.64 Å². The van der Waals surface area contributed by atoms with Gasteiger partial charge in [-0.15, -0.1) is 11.3 Å². The van der Waals surface area contributed by atoms with Crippen LogP contribution in [-0.2, 0) is 17.6 Å². The summed E-state index contributed by atoms with van der Waals surface area (Å²) in [4.78, 5) is 21.1. The number of thiophene rings is 1. The Kier molecular flexibility index (Phi) is 3.46. The van der Waals surface area contributed by atoms with Crippen molar-refractivity contribution >= 4 is 17.2 Å². The Balaban J connectivity index is 1.50. The van der Waals surface area contributed by atoms with Crippen LogP contribution in [0.5, 0.6) is 0 Å². The lowest BCUT2D eigenvalue weighted by Gasteiger charge is -2.31. The molecule has 0 unspecified atom stereocenters. The first kappa shape index (κ1) is 13.9. The fourth-order valence-electron chi connectivity index (χ4n) is 3.08. The number of hydrogen-bond donors (Lipinski definition) is 1. The van der Waals surface area contributed by atoms with Crippen LogP contribution in [0.25, 0.3) is 0 Å². The van der Waals surface area contributed by atoms with Gasteiger partial charge in [-0.1, -0.05) is 0 Å². The highest BCUT2D eigenvalue weighted by Gasteiger charge is 2.30. The highest BCUT2D eigenvalue weighted by molar-refractivity contribution is 7.14. The minimum atomic E-state index is -0.241. The standard InChI is InChI=1S/C15H18N4O2S/c1-9-16-14(18-17-9)11-8-19(5-6-21-11)15(20)13-7-10-3-2-4-12(10)22-13/h7,11H,2-6,8H2,1H3,(H,16,17,18)/t11-/m0/s1. The Morgan fingerprint density at radius 3 is 3.18 bits per heavy atom. The molecule has 3 heterocycles. The molecule has 1 saturated heterocycles. The first-order valence-electron chi connectivity index (χ1n) is 7.62. The molecule has 0 radical (unpaired) electrons. The average molecular weight is 318 g/mol. The molecule has 2 aromatic rings. The van der Waals surface area contributed by atoms with E-state index in [-0.39, 0.29) is 12.0 Å². The molecule has 6 nitrogen and oxygen atoms in total. The monoisotopic (exact) mass is 318 g/mol. The third-order valence-electron chi connectivity index (χ3n) is 4.21. The van der Waals surface area contributed by atoms with E-state index in [2.05, 4.69) is 21.2 Å². The maximum absolute atomic E-state index is 12.7. The minimum absolute atomic E-state index is 0.111. The number of fused-ring (bicyclic) bond motifs is 1. The van der Waals surface area contributed by atoms with Gasteiger partial charge in [0.15, 0.2) is 5.82 Å². The number of H-pyrrole nitrogens is 1. The van der Waals surface area contributed by atoms with E-state index in [0.29, 0.717) is 25.5 Å². The normalized spacial score (nSPS) is 21.1. The third kappa shape index (κ3) is 2.44. The van der Waals surface area contributed by atoms with Crippen LogP contribution in [0, 0.1) is 6.92 Å². The zero-order valence-electron chi connectivity index (χ0n) is 12.5. The molecule has 0 bridgehead atoms. The predicted octanol–water partition coefficient (Wildman–Crippen LogP) is 1.88. The maximum atomic E-state index is 12.7. The van der Waals surface area contributed by atoms with Crippen molar-refractivity contribution in [1.29, 1.82) is 0 Å². The lowest BCUT2D eigenvalue weighted by Crippen LogP contribution is -2.42. The number of carbonyl (C=O) groups is 1. The topological polar surface area (TPSA) is 71.1 Å². The van der Waals surface area contributed by atoms with Crippen molar-refractivity contribution in [2.24, 2.45) is 0 Å². The van der Waals surface area contributed by atoms with Crippen LogP contribution in [-0.4, -0.2) is 45.7 Å². The number of hydrogen-bond acceptors (Lipinski definition) is 5. The van der Waals surface area contributed by atoms with Crippen LogP contribution < -0.4 is 0 Å². The number of carbonyl (C=O) groups excluding carboxylic acids is 1. The van der Waals surface area contributed by atoms with Crippen molar-refractivity contribution in [3.8, 4) is 0 Å². The quantitative estimate of drug-likeness (QED) is 0.918. The van der Waals surface area contributed by atoms with Gasteiger partial charge in [0.1, 0.15) is 11.9 Å². The zero-order chi connectivity index (χ0) is 15.1. The van der Waals surface area contributed by atoms with E-state index in [1.165, 1.54) is 16.9 Å². The van der Waals surface area contributed by atoms with Gasteiger partial charge in [-0.05, 0) is 37.8 Å². The number of aryl methyl sites for hydroxylation is 3. The molecule has 0 saturated carbocycles. The van der Waals surface area contributed by atoms with E-state index in [1.54, 1.807) is 11.3 Å². The Hall–Kier alpha value is -1.73. The van der Waals surface area contributed by atoms with Crippen molar-refractivity contribution in [3.63, 3.8) is 0 Å². The number of nitrogens with one attached hydrogen (secondary N) is 1. The molecule has 2 aromatic heterocycles. The number of ether oxygens (including phenoxy) is 1. The molecular weight excluding hydrogens is 300 g/mol. The smallest absolute Gasteiger partial charge is 0.264 e. The van der Waals surface area contributed by atoms with Crippen molar-refractivity contribution < 1.29 is 9.53 Å². The molecule has 0 spiro atoms. The minimum Gasteiger partial charge on any atom is -0.366 e. The average Bonchev–Trinajstić information content (AvgIpc) is 3.21. The number of morpholine rings is 1. The predicted molar refractivity (Wildman–Crippen MR) is 82.1 cm³/mol. The van der Waals surface area contributed by atoms with E-state index in [4.69, 9.17) is 4.74 Å². The molecule has 7 heteroatoms. The fourth-order valence-corrected chi connectivity index (χ4v) is 4.31. The fraction of sp³-hybridized carbons (Fsp3) is 0.533. The van der Waals surface area contributed by atoms with Crippen molar-refractivity contribution in [2.75, 3.05) is 19.7 Å². The summed E-state index contributed by atoms with van der Waals surface area (Å²) in [7, 11) is 0. The van der Waals surface area contributed by atoms with Gasteiger partial charge >= 0.3 is 0 Å². The molecular formula is C15H18N4O2S. The van der Waals surface area contributed by atoms with Crippen LogP contribution in [0.3, 0.4) is 0 Å². The third-order valence-corrected chi connectivity index (χ3v) is 5.44. The van der Waals surface area contributed by atoms with E-state index >= 15 is 0 Å². The molecule has 116 valence electrons. The van der Waals surface area contributed by atoms with Crippen LogP contribution in [0.4, 0.5) is 0 Å². The lowest BCUT2D eigenvalue weighted by molar-refractivity contribution is -0.0265. The van der Waals surface area contributed by atoms with Gasteiger partial charge in [-0.3, -0.25) is 9.89 Å². The summed E-state index contributed by atoms with van der Waals surface area (Å²) >= 11 is 1.66. The molecule has 1 amide bonds. The first-order valence-corrected chi connectivity index (χ1v) is 8.44. The largest absolute Gasteiger partial charge is 0.366 e. The van der Waals surface area contributed by atoms with Crippen LogP contribution in [0.15, 0.2) is 6.07 Å². The van der Waals surface area contributed by atoms with Crippen molar-refractivity contribution in [1.82, 2.24) is 20.1 Å². The molecule has 1 aliphatic heterocycles. The lowest BCUT2D eigenvalue weighted by atomic mass is 10.2. The molecule has 22 heavy (non-hydrogen) atoms. The SMILES string of the molecule is Cc1nc([C@@H]2CN(C(=O)c3cc4c(s3)CCC4)CCO2)n[nH]1. The van der Waals surface area contributed by atoms with E-state index in [0.717, 1.165) is 23.5 Å². The second kappa shape index (κ2) is 5.48. The summed E-state index contributed by atoms with van der Waals surface area (Å²) in [5.74, 6) is 1.50. The van der Waals surface area contributed by atoms with Crippen LogP contribution in [0.1, 0.15) is 44.3 Å². The van der Waals surface area contributed by atoms with E-state index in [1.807, 2.05) is 11.8 Å². The summed E-state index contributed by atoms with van der Waals surface area (Å²) in [6.07, 6.45) is 3.21. The van der Waals surface area contributed by atoms with Gasteiger partial charge in [-0.2, -0.15) is 5.10 Å². The van der Waals surface area contributed by atoms with Crippen molar-refractivity contribution in [3.05, 3.63) is 33.0 Å². The number of aromatic amines is 1. The molecule has 1 fully saturated rings. The summed E-state index contributed by atoms with van der Waals surface area (Å²) in [6, 6.07) is 2.08. The van der Waals surface area contributed by atoms with E-state index in [9.17, 15) is 4.79 Å². The number of amides is 1. The number of aromatic nitrogens is 3. The molecule has 1 N–H and O–H groups in total. The van der Waals surface area contributed by atoms with Crippen LogP contribution in [0.2, 0.25) is 0 Å². The highest BCUT2D eigenvalue weighted by atomic mass is 32.1. The van der Waals surface area contributed by atoms with Gasteiger partial charge in [-0.25, -0.2) is 4.98 Å². The Bertz CT molecular complexity index is 687. The Labute approximate surface area is 132 Å². The number of nitrogens with zero attached hydrogens (tertiary/aromatic N) is 3. The molecule has 0 aromatic carbocycles. The second-order valence-corrected chi connectivity index (χ2v) is 6.94. The Morgan fingerprint density at radius 1 is 1.50 bits per heavy atom. The Morgan fingerprint density at radius 2 is 2.41 bits per heavy atom. The van der Waals surface area contributed by atoms with E-state index < -0.39 is 0 Å². The second-order valence-electron chi connectivity index (χ2n) is 5.80. The molecule has 1 aliphatic carbocycles. The molecule has 1 atom stereocenters. The summed E-state index contributed by atoms with van der Waals surface area (Å²) in [5.41, 5.74) is 1.36.